The Morgan fingerprint density at radius 2 is 2.00 bits per heavy atom. The summed E-state index contributed by atoms with van der Waals surface area (Å²) in [6.07, 6.45) is 1.44. The molecule has 0 aromatic heterocycles. The molecule has 1 rings (SSSR count). The molecule has 0 aliphatic carbocycles. The van der Waals surface area contributed by atoms with E-state index < -0.39 is 8.07 Å². The fraction of sp³-hybridized carbons (Fsp3) is 1.00. The van der Waals surface area contributed by atoms with E-state index in [-0.39, 0.29) is 0 Å². The van der Waals surface area contributed by atoms with Crippen LogP contribution in [-0.4, -0.2) is 8.07 Å². The summed E-state index contributed by atoms with van der Waals surface area (Å²) in [6, 6.07) is 1.60. The van der Waals surface area contributed by atoms with Crippen LogP contribution in [-0.2, 0) is 0 Å². The van der Waals surface area contributed by atoms with Crippen LogP contribution >= 0.6 is 0 Å². The zero-order valence-corrected chi connectivity index (χ0v) is 6.49. The van der Waals surface area contributed by atoms with Gasteiger partial charge in [0, 0.05) is 0 Å². The molecule has 0 radical (unpaired) electrons. The minimum absolute atomic E-state index is 0.491. The van der Waals surface area contributed by atoms with Crippen molar-refractivity contribution in [3.05, 3.63) is 0 Å². The van der Waals surface area contributed by atoms with Gasteiger partial charge < -0.3 is 0 Å². The molecule has 1 unspecified atom stereocenters. The van der Waals surface area contributed by atoms with Crippen molar-refractivity contribution < 1.29 is 0 Å². The van der Waals surface area contributed by atoms with E-state index in [0.29, 0.717) is 0 Å². The maximum absolute atomic E-state index is 2.49. The Bertz CT molecular complexity index is 76.2. The lowest BCUT2D eigenvalue weighted by Gasteiger charge is -1.93. The Labute approximate surface area is 46.9 Å². The summed E-state index contributed by atoms with van der Waals surface area (Å²) < 4.78 is 0. The molecular formula is C6H14Si. The van der Waals surface area contributed by atoms with Crippen LogP contribution in [0.1, 0.15) is 13.3 Å². The van der Waals surface area contributed by atoms with Crippen molar-refractivity contribution in [3.63, 3.8) is 0 Å². The van der Waals surface area contributed by atoms with Gasteiger partial charge in [0.2, 0.25) is 0 Å². The highest BCUT2D eigenvalue weighted by atomic mass is 28.3. The first-order valence-electron chi connectivity index (χ1n) is 3.17. The van der Waals surface area contributed by atoms with Crippen molar-refractivity contribution in [2.45, 2.75) is 38.0 Å². The first-order chi connectivity index (χ1) is 3.17. The van der Waals surface area contributed by atoms with Crippen molar-refractivity contribution in [2.24, 2.45) is 0 Å². The van der Waals surface area contributed by atoms with Gasteiger partial charge in [-0.2, -0.15) is 0 Å². The summed E-state index contributed by atoms with van der Waals surface area (Å²) in [6.45, 7) is 7.29. The Kier molecular flexibility index (Phi) is 1.03. The van der Waals surface area contributed by atoms with Gasteiger partial charge in [-0.1, -0.05) is 32.5 Å². The molecule has 0 saturated carbocycles. The molecule has 0 aromatic rings. The van der Waals surface area contributed by atoms with E-state index in [1.807, 2.05) is 0 Å². The van der Waals surface area contributed by atoms with Gasteiger partial charge in [0.05, 0.1) is 8.07 Å². The molecule has 0 nitrogen and oxygen atoms in total. The Morgan fingerprint density at radius 1 is 1.57 bits per heavy atom. The summed E-state index contributed by atoms with van der Waals surface area (Å²) in [4.78, 5) is 0. The van der Waals surface area contributed by atoms with Crippen molar-refractivity contribution in [2.75, 3.05) is 0 Å². The first-order valence-corrected chi connectivity index (χ1v) is 6.45. The van der Waals surface area contributed by atoms with Gasteiger partial charge in [-0.25, -0.2) is 0 Å². The van der Waals surface area contributed by atoms with Gasteiger partial charge >= 0.3 is 0 Å². The average Bonchev–Trinajstić information content (AvgIpc) is 2.13. The van der Waals surface area contributed by atoms with Crippen LogP contribution in [0.4, 0.5) is 0 Å². The molecule has 42 valence electrons. The maximum atomic E-state index is 2.49. The predicted octanol–water partition coefficient (Wildman–Crippen LogP) is 2.49. The molecule has 1 atom stereocenters. The van der Waals surface area contributed by atoms with E-state index in [4.69, 9.17) is 0 Å². The standard InChI is InChI=1S/C6H14Si/c1-4-6-5-7(6,2)3/h6H,4-5H2,1-3H3. The minimum Gasteiger partial charge on any atom is -0.0692 e. The highest BCUT2D eigenvalue weighted by Crippen LogP contribution is 2.50. The Hall–Kier alpha value is 0.217. The highest BCUT2D eigenvalue weighted by molar-refractivity contribution is 6.88. The molecule has 0 N–H and O–H groups in total. The second-order valence-electron chi connectivity index (χ2n) is 3.30. The lowest BCUT2D eigenvalue weighted by atomic mass is 10.4. The third kappa shape index (κ3) is 0.879. The fourth-order valence-corrected chi connectivity index (χ4v) is 5.04. The van der Waals surface area contributed by atoms with Crippen LogP contribution in [0.15, 0.2) is 0 Å². The summed E-state index contributed by atoms with van der Waals surface area (Å²) in [5.41, 5.74) is 1.19. The highest BCUT2D eigenvalue weighted by Gasteiger charge is 2.45. The van der Waals surface area contributed by atoms with Crippen LogP contribution in [0.2, 0.25) is 24.7 Å². The van der Waals surface area contributed by atoms with Crippen LogP contribution in [0, 0.1) is 0 Å². The molecule has 1 heteroatoms. The summed E-state index contributed by atoms with van der Waals surface area (Å²) in [7, 11) is -0.491. The van der Waals surface area contributed by atoms with Gasteiger partial charge in [0.1, 0.15) is 0 Å². The summed E-state index contributed by atoms with van der Waals surface area (Å²) in [5, 5.41) is 0. The van der Waals surface area contributed by atoms with E-state index >= 15 is 0 Å². The maximum Gasteiger partial charge on any atom is 0.0501 e. The van der Waals surface area contributed by atoms with Gasteiger partial charge in [-0.15, -0.1) is 0 Å². The zero-order chi connectivity index (χ0) is 5.49. The van der Waals surface area contributed by atoms with Gasteiger partial charge in [0.15, 0.2) is 0 Å². The molecular weight excluding hydrogens is 100 g/mol. The van der Waals surface area contributed by atoms with E-state index in [1.54, 1.807) is 6.04 Å². The van der Waals surface area contributed by atoms with Gasteiger partial charge in [-0.3, -0.25) is 0 Å². The molecule has 0 spiro atoms. The van der Waals surface area contributed by atoms with Crippen molar-refractivity contribution in [3.8, 4) is 0 Å². The molecule has 1 saturated heterocycles. The third-order valence-corrected chi connectivity index (χ3v) is 6.05. The largest absolute Gasteiger partial charge is 0.0692 e. The van der Waals surface area contributed by atoms with Crippen LogP contribution in [0.25, 0.3) is 0 Å². The predicted molar refractivity (Wildman–Crippen MR) is 36.3 cm³/mol. The molecule has 1 heterocycles. The van der Waals surface area contributed by atoms with Gasteiger partial charge in [0.25, 0.3) is 0 Å². The minimum atomic E-state index is -0.491. The van der Waals surface area contributed by atoms with E-state index in [1.165, 1.54) is 12.0 Å². The average molecular weight is 114 g/mol. The van der Waals surface area contributed by atoms with Crippen LogP contribution < -0.4 is 0 Å². The van der Waals surface area contributed by atoms with Crippen LogP contribution in [0.3, 0.4) is 0 Å². The second-order valence-corrected chi connectivity index (χ2v) is 8.50. The normalized spacial score (nSPS) is 35.6. The quantitative estimate of drug-likeness (QED) is 0.459. The number of hydrogen-bond donors (Lipinski definition) is 0. The summed E-state index contributed by atoms with van der Waals surface area (Å²) in [5.74, 6) is 0. The monoisotopic (exact) mass is 114 g/mol. The topological polar surface area (TPSA) is 0 Å². The van der Waals surface area contributed by atoms with E-state index in [2.05, 4.69) is 20.0 Å². The van der Waals surface area contributed by atoms with Crippen molar-refractivity contribution in [1.82, 2.24) is 0 Å². The lowest BCUT2D eigenvalue weighted by molar-refractivity contribution is 0.954. The van der Waals surface area contributed by atoms with Crippen molar-refractivity contribution in [1.29, 1.82) is 0 Å². The Morgan fingerprint density at radius 3 is 2.00 bits per heavy atom. The SMILES string of the molecule is CCC1C[Si]1(C)C. The molecule has 1 aliphatic rings. The third-order valence-electron chi connectivity index (χ3n) is 2.21. The summed E-state index contributed by atoms with van der Waals surface area (Å²) >= 11 is 0. The van der Waals surface area contributed by atoms with E-state index in [9.17, 15) is 0 Å². The first kappa shape index (κ1) is 5.36. The van der Waals surface area contributed by atoms with E-state index in [0.717, 1.165) is 0 Å². The zero-order valence-electron chi connectivity index (χ0n) is 5.49. The number of rotatable bonds is 1. The molecule has 1 aliphatic heterocycles. The van der Waals surface area contributed by atoms with Crippen molar-refractivity contribution >= 4 is 8.07 Å². The molecule has 0 aromatic carbocycles. The second kappa shape index (κ2) is 1.34. The molecule has 1 fully saturated rings. The number of hydrogen-bond acceptors (Lipinski definition) is 0. The molecule has 0 bridgehead atoms. The molecule has 7 heavy (non-hydrogen) atoms. The molecule has 0 amide bonds. The lowest BCUT2D eigenvalue weighted by Crippen LogP contribution is -2.00. The fourth-order valence-electron chi connectivity index (χ4n) is 1.27. The Balaban J connectivity index is 2.30. The van der Waals surface area contributed by atoms with Crippen LogP contribution in [0.5, 0.6) is 0 Å². The smallest absolute Gasteiger partial charge is 0.0501 e. The van der Waals surface area contributed by atoms with Gasteiger partial charge in [-0.05, 0) is 5.54 Å².